The van der Waals surface area contributed by atoms with Gasteiger partial charge in [0.15, 0.2) is 0 Å². The largest absolute Gasteiger partial charge is 0.314 e. The van der Waals surface area contributed by atoms with Crippen molar-refractivity contribution >= 4 is 22.9 Å². The zero-order valence-corrected chi connectivity index (χ0v) is 13.1. The number of thiophene rings is 1. The first-order valence-electron chi connectivity index (χ1n) is 6.31. The van der Waals surface area contributed by atoms with Crippen LogP contribution in [0.2, 0.25) is 4.34 Å². The lowest BCUT2D eigenvalue weighted by Gasteiger charge is -2.34. The van der Waals surface area contributed by atoms with Crippen LogP contribution in [0.4, 0.5) is 0 Å². The normalized spacial score (nSPS) is 15.5. The summed E-state index contributed by atoms with van der Waals surface area (Å²) in [6.45, 7) is 12.4. The number of nitrogens with one attached hydrogen (secondary N) is 1. The monoisotopic (exact) mass is 273 g/mol. The Hall–Kier alpha value is -0.0500. The molecule has 0 aliphatic carbocycles. The standard InChI is InChI=1S/C14H24ClNS/c1-10(2)14(5,9-16-11(3)4)8-12-6-7-13(15)17-12/h6-7,10-11,16H,8-9H2,1-5H3. The Morgan fingerprint density at radius 2 is 1.94 bits per heavy atom. The Labute approximate surface area is 115 Å². The molecule has 0 bridgehead atoms. The van der Waals surface area contributed by atoms with Crippen LogP contribution in [-0.2, 0) is 6.42 Å². The van der Waals surface area contributed by atoms with Gasteiger partial charge >= 0.3 is 0 Å². The average molecular weight is 274 g/mol. The molecule has 1 aromatic heterocycles. The first-order chi connectivity index (χ1) is 7.83. The molecule has 1 N–H and O–H groups in total. The summed E-state index contributed by atoms with van der Waals surface area (Å²) in [5.74, 6) is 0.648. The molecule has 1 aromatic rings. The van der Waals surface area contributed by atoms with Crippen LogP contribution < -0.4 is 5.32 Å². The summed E-state index contributed by atoms with van der Waals surface area (Å²) in [6, 6.07) is 4.70. The molecule has 1 unspecified atom stereocenters. The Kier molecular flexibility index (Phi) is 5.49. The molecule has 0 radical (unpaired) electrons. The van der Waals surface area contributed by atoms with Crippen molar-refractivity contribution in [2.75, 3.05) is 6.54 Å². The highest BCUT2D eigenvalue weighted by Gasteiger charge is 2.29. The summed E-state index contributed by atoms with van der Waals surface area (Å²) in [4.78, 5) is 1.39. The Balaban J connectivity index is 2.70. The Bertz CT molecular complexity index is 346. The van der Waals surface area contributed by atoms with Crippen molar-refractivity contribution in [3.8, 4) is 0 Å². The smallest absolute Gasteiger partial charge is 0.0931 e. The first kappa shape index (κ1) is 15.0. The van der Waals surface area contributed by atoms with E-state index in [0.29, 0.717) is 17.4 Å². The Morgan fingerprint density at radius 3 is 2.35 bits per heavy atom. The molecule has 0 spiro atoms. The van der Waals surface area contributed by atoms with E-state index in [-0.39, 0.29) is 0 Å². The van der Waals surface area contributed by atoms with Gasteiger partial charge in [0.1, 0.15) is 0 Å². The van der Waals surface area contributed by atoms with E-state index >= 15 is 0 Å². The van der Waals surface area contributed by atoms with Crippen LogP contribution in [-0.4, -0.2) is 12.6 Å². The van der Waals surface area contributed by atoms with E-state index in [2.05, 4.69) is 46.0 Å². The van der Waals surface area contributed by atoms with E-state index in [1.54, 1.807) is 11.3 Å². The van der Waals surface area contributed by atoms with E-state index in [0.717, 1.165) is 17.3 Å². The van der Waals surface area contributed by atoms with Gasteiger partial charge in [-0.25, -0.2) is 0 Å². The Morgan fingerprint density at radius 1 is 1.29 bits per heavy atom. The quantitative estimate of drug-likeness (QED) is 0.798. The number of hydrogen-bond acceptors (Lipinski definition) is 2. The van der Waals surface area contributed by atoms with E-state index in [1.165, 1.54) is 4.88 Å². The summed E-state index contributed by atoms with van der Waals surface area (Å²) in [7, 11) is 0. The molecular formula is C14H24ClNS. The van der Waals surface area contributed by atoms with Gasteiger partial charge in [0.05, 0.1) is 4.34 Å². The molecule has 0 aromatic carbocycles. The summed E-state index contributed by atoms with van der Waals surface area (Å²) < 4.78 is 0.892. The molecule has 1 heterocycles. The molecule has 0 amide bonds. The van der Waals surface area contributed by atoms with Gasteiger partial charge in [-0.2, -0.15) is 0 Å². The van der Waals surface area contributed by atoms with Crippen molar-refractivity contribution in [3.05, 3.63) is 21.3 Å². The van der Waals surface area contributed by atoms with Crippen LogP contribution in [0.3, 0.4) is 0 Å². The van der Waals surface area contributed by atoms with Crippen molar-refractivity contribution in [3.63, 3.8) is 0 Å². The highest BCUT2D eigenvalue weighted by molar-refractivity contribution is 7.16. The molecule has 98 valence electrons. The highest BCUT2D eigenvalue weighted by atomic mass is 35.5. The minimum Gasteiger partial charge on any atom is -0.314 e. The summed E-state index contributed by atoms with van der Waals surface area (Å²) in [6.07, 6.45) is 1.10. The molecule has 1 atom stereocenters. The fourth-order valence-electron chi connectivity index (χ4n) is 1.75. The number of hydrogen-bond donors (Lipinski definition) is 1. The van der Waals surface area contributed by atoms with Gasteiger partial charge in [0, 0.05) is 17.5 Å². The summed E-state index contributed by atoms with van der Waals surface area (Å²) >= 11 is 7.70. The second-order valence-corrected chi connectivity index (χ2v) is 7.53. The van der Waals surface area contributed by atoms with Crippen LogP contribution in [0.15, 0.2) is 12.1 Å². The van der Waals surface area contributed by atoms with Gasteiger partial charge in [0.25, 0.3) is 0 Å². The lowest BCUT2D eigenvalue weighted by molar-refractivity contribution is 0.203. The maximum absolute atomic E-state index is 6.00. The van der Waals surface area contributed by atoms with E-state index in [1.807, 2.05) is 6.07 Å². The minimum atomic E-state index is 0.290. The summed E-state index contributed by atoms with van der Waals surface area (Å²) in [5, 5.41) is 3.57. The molecule has 0 aliphatic rings. The highest BCUT2D eigenvalue weighted by Crippen LogP contribution is 2.34. The van der Waals surface area contributed by atoms with Gasteiger partial charge in [0.2, 0.25) is 0 Å². The topological polar surface area (TPSA) is 12.0 Å². The fourth-order valence-corrected chi connectivity index (χ4v) is 3.04. The van der Waals surface area contributed by atoms with Crippen LogP contribution in [0, 0.1) is 11.3 Å². The second kappa shape index (κ2) is 6.21. The van der Waals surface area contributed by atoms with Gasteiger partial charge in [-0.15, -0.1) is 11.3 Å². The molecular weight excluding hydrogens is 250 g/mol. The second-order valence-electron chi connectivity index (χ2n) is 5.73. The molecule has 1 nitrogen and oxygen atoms in total. The molecule has 3 heteroatoms. The number of rotatable bonds is 6. The third kappa shape index (κ3) is 4.61. The predicted molar refractivity (Wildman–Crippen MR) is 79.1 cm³/mol. The van der Waals surface area contributed by atoms with Crippen molar-refractivity contribution in [2.45, 2.75) is 47.1 Å². The van der Waals surface area contributed by atoms with Gasteiger partial charge in [-0.05, 0) is 29.9 Å². The summed E-state index contributed by atoms with van der Waals surface area (Å²) in [5.41, 5.74) is 0.290. The SMILES string of the molecule is CC(C)NCC(C)(Cc1ccc(Cl)s1)C(C)C. The fraction of sp³-hybridized carbons (Fsp3) is 0.714. The van der Waals surface area contributed by atoms with Crippen molar-refractivity contribution in [1.29, 1.82) is 0 Å². The zero-order chi connectivity index (χ0) is 13.1. The van der Waals surface area contributed by atoms with Crippen molar-refractivity contribution in [2.24, 2.45) is 11.3 Å². The molecule has 0 saturated carbocycles. The van der Waals surface area contributed by atoms with E-state index in [9.17, 15) is 0 Å². The lowest BCUT2D eigenvalue weighted by atomic mass is 9.75. The predicted octanol–water partition coefficient (Wildman–Crippen LogP) is 4.60. The molecule has 0 fully saturated rings. The van der Waals surface area contributed by atoms with Gasteiger partial charge < -0.3 is 5.32 Å². The molecule has 0 aliphatic heterocycles. The lowest BCUT2D eigenvalue weighted by Crippen LogP contribution is -2.40. The molecule has 1 rings (SSSR count). The van der Waals surface area contributed by atoms with Crippen molar-refractivity contribution in [1.82, 2.24) is 5.32 Å². The molecule has 17 heavy (non-hydrogen) atoms. The minimum absolute atomic E-state index is 0.290. The van der Waals surface area contributed by atoms with Crippen LogP contribution in [0.5, 0.6) is 0 Å². The first-order valence-corrected chi connectivity index (χ1v) is 7.50. The van der Waals surface area contributed by atoms with E-state index in [4.69, 9.17) is 11.6 Å². The van der Waals surface area contributed by atoms with Crippen molar-refractivity contribution < 1.29 is 0 Å². The third-order valence-corrected chi connectivity index (χ3v) is 4.75. The van der Waals surface area contributed by atoms with Crippen LogP contribution >= 0.6 is 22.9 Å². The maximum atomic E-state index is 6.00. The molecule has 0 saturated heterocycles. The van der Waals surface area contributed by atoms with Gasteiger partial charge in [-0.3, -0.25) is 0 Å². The maximum Gasteiger partial charge on any atom is 0.0931 e. The van der Waals surface area contributed by atoms with Crippen LogP contribution in [0.1, 0.15) is 39.5 Å². The van der Waals surface area contributed by atoms with E-state index < -0.39 is 0 Å². The number of halogens is 1. The van der Waals surface area contributed by atoms with Crippen LogP contribution in [0.25, 0.3) is 0 Å². The average Bonchev–Trinajstić information content (AvgIpc) is 2.60. The third-order valence-electron chi connectivity index (χ3n) is 3.51. The zero-order valence-electron chi connectivity index (χ0n) is 11.5. The van der Waals surface area contributed by atoms with Gasteiger partial charge in [-0.1, -0.05) is 46.2 Å².